The lowest BCUT2D eigenvalue weighted by Crippen LogP contribution is -2.50. The molecule has 1 aromatic heterocycles. The highest BCUT2D eigenvalue weighted by molar-refractivity contribution is 4.98. The van der Waals surface area contributed by atoms with Gasteiger partial charge in [0.25, 0.3) is 0 Å². The molecule has 6 heteroatoms. The van der Waals surface area contributed by atoms with E-state index in [1.165, 1.54) is 84.0 Å². The Hall–Kier alpha value is -1.01. The van der Waals surface area contributed by atoms with Crippen molar-refractivity contribution >= 4 is 0 Å². The first-order valence-electron chi connectivity index (χ1n) is 10.6. The molecule has 2 aliphatic carbocycles. The molecule has 0 amide bonds. The summed E-state index contributed by atoms with van der Waals surface area (Å²) >= 11 is 0. The molecule has 25 heavy (non-hydrogen) atoms. The van der Waals surface area contributed by atoms with Crippen molar-refractivity contribution in [3.05, 3.63) is 5.82 Å². The van der Waals surface area contributed by atoms with E-state index in [0.717, 1.165) is 18.3 Å². The molecule has 0 spiro atoms. The first-order valence-corrected chi connectivity index (χ1v) is 10.6. The van der Waals surface area contributed by atoms with Crippen molar-refractivity contribution in [3.8, 4) is 0 Å². The first kappa shape index (κ1) is 17.4. The van der Waals surface area contributed by atoms with Crippen LogP contribution in [-0.2, 0) is 0 Å². The third kappa shape index (κ3) is 3.75. The van der Waals surface area contributed by atoms with Crippen LogP contribution in [0.5, 0.6) is 0 Å². The molecule has 6 nitrogen and oxygen atoms in total. The van der Waals surface area contributed by atoms with Gasteiger partial charge in [0, 0.05) is 32.2 Å². The Bertz CT molecular complexity index is 524. The van der Waals surface area contributed by atoms with Crippen LogP contribution in [0.15, 0.2) is 0 Å². The maximum atomic E-state index is 4.50. The Morgan fingerprint density at radius 2 is 1.56 bits per heavy atom. The zero-order valence-corrected chi connectivity index (χ0v) is 15.8. The van der Waals surface area contributed by atoms with Crippen LogP contribution in [0.25, 0.3) is 0 Å². The number of aromatic nitrogens is 4. The Labute approximate surface area is 151 Å². The molecule has 0 radical (unpaired) electrons. The zero-order valence-electron chi connectivity index (χ0n) is 15.8. The third-order valence-electron chi connectivity index (χ3n) is 6.68. The largest absolute Gasteiger partial charge is 0.298 e. The van der Waals surface area contributed by atoms with E-state index in [1.54, 1.807) is 0 Å². The molecule has 4 rings (SSSR count). The molecule has 0 aromatic carbocycles. The van der Waals surface area contributed by atoms with Gasteiger partial charge < -0.3 is 0 Å². The maximum absolute atomic E-state index is 4.50. The Kier molecular flexibility index (Phi) is 5.66. The van der Waals surface area contributed by atoms with E-state index in [9.17, 15) is 0 Å². The standard InChI is InChI=1S/C19H34N6/c1-2-7-18(19-20-21-22-25(19)17-10-5-6-11-17)24-14-12-23(13-15-24)16-8-3-4-9-16/h16-18H,2-15H2,1H3/t18-/m1/s1. The van der Waals surface area contributed by atoms with Crippen molar-refractivity contribution in [2.24, 2.45) is 0 Å². The van der Waals surface area contributed by atoms with Gasteiger partial charge in [0.2, 0.25) is 0 Å². The molecule has 0 unspecified atom stereocenters. The molecule has 1 aromatic rings. The molecule has 1 aliphatic heterocycles. The van der Waals surface area contributed by atoms with Gasteiger partial charge in [0.15, 0.2) is 5.82 Å². The van der Waals surface area contributed by atoms with Crippen molar-refractivity contribution in [2.75, 3.05) is 26.2 Å². The molecule has 140 valence electrons. The monoisotopic (exact) mass is 346 g/mol. The Morgan fingerprint density at radius 1 is 0.920 bits per heavy atom. The van der Waals surface area contributed by atoms with Crippen molar-refractivity contribution < 1.29 is 0 Å². The average molecular weight is 347 g/mol. The molecular weight excluding hydrogens is 312 g/mol. The molecule has 1 atom stereocenters. The topological polar surface area (TPSA) is 50.1 Å². The summed E-state index contributed by atoms with van der Waals surface area (Å²) < 4.78 is 2.18. The van der Waals surface area contributed by atoms with E-state index in [2.05, 4.69) is 36.9 Å². The number of tetrazole rings is 1. The minimum absolute atomic E-state index is 0.395. The summed E-state index contributed by atoms with van der Waals surface area (Å²) in [6.07, 6.45) is 13.2. The second kappa shape index (κ2) is 8.12. The predicted octanol–water partition coefficient (Wildman–Crippen LogP) is 3.19. The minimum atomic E-state index is 0.395. The van der Waals surface area contributed by atoms with E-state index in [-0.39, 0.29) is 0 Å². The summed E-state index contributed by atoms with van der Waals surface area (Å²) in [4.78, 5) is 5.40. The smallest absolute Gasteiger partial charge is 0.168 e. The van der Waals surface area contributed by atoms with E-state index in [4.69, 9.17) is 0 Å². The molecule has 0 bridgehead atoms. The van der Waals surface area contributed by atoms with E-state index in [1.807, 2.05) is 0 Å². The molecule has 3 fully saturated rings. The van der Waals surface area contributed by atoms with Gasteiger partial charge >= 0.3 is 0 Å². The van der Waals surface area contributed by atoms with E-state index < -0.39 is 0 Å². The number of hydrogen-bond donors (Lipinski definition) is 0. The van der Waals surface area contributed by atoms with Crippen LogP contribution in [0.4, 0.5) is 0 Å². The summed E-state index contributed by atoms with van der Waals surface area (Å²) in [5.41, 5.74) is 0. The number of nitrogens with zero attached hydrogens (tertiary/aromatic N) is 6. The third-order valence-corrected chi connectivity index (χ3v) is 6.68. The number of rotatable bonds is 6. The van der Waals surface area contributed by atoms with Gasteiger partial charge in [-0.1, -0.05) is 39.0 Å². The van der Waals surface area contributed by atoms with Crippen molar-refractivity contribution in [1.29, 1.82) is 0 Å². The van der Waals surface area contributed by atoms with Gasteiger partial charge in [0.1, 0.15) is 0 Å². The quantitative estimate of drug-likeness (QED) is 0.792. The van der Waals surface area contributed by atoms with Crippen LogP contribution in [-0.4, -0.2) is 62.2 Å². The summed E-state index contributed by atoms with van der Waals surface area (Å²) in [6.45, 7) is 7.05. The molecule has 2 saturated carbocycles. The van der Waals surface area contributed by atoms with Crippen molar-refractivity contribution in [1.82, 2.24) is 30.0 Å². The van der Waals surface area contributed by atoms with Crippen LogP contribution < -0.4 is 0 Å². The van der Waals surface area contributed by atoms with Crippen molar-refractivity contribution in [2.45, 2.75) is 89.3 Å². The summed E-state index contributed by atoms with van der Waals surface area (Å²) in [7, 11) is 0. The van der Waals surface area contributed by atoms with Crippen molar-refractivity contribution in [3.63, 3.8) is 0 Å². The van der Waals surface area contributed by atoms with E-state index in [0.29, 0.717) is 12.1 Å². The lowest BCUT2D eigenvalue weighted by atomic mass is 10.1. The van der Waals surface area contributed by atoms with Crippen LogP contribution in [0.2, 0.25) is 0 Å². The normalized spacial score (nSPS) is 25.8. The fourth-order valence-electron chi connectivity index (χ4n) is 5.26. The highest BCUT2D eigenvalue weighted by Gasteiger charge is 2.33. The van der Waals surface area contributed by atoms with Gasteiger partial charge in [-0.15, -0.1) is 5.10 Å². The highest BCUT2D eigenvalue weighted by atomic mass is 15.6. The summed E-state index contributed by atoms with van der Waals surface area (Å²) in [5, 5.41) is 13.0. The van der Waals surface area contributed by atoms with Crippen LogP contribution >= 0.6 is 0 Å². The lowest BCUT2D eigenvalue weighted by molar-refractivity contribution is 0.0619. The SMILES string of the molecule is CCC[C@H](c1nnnn1C1CCCC1)N1CCN(C2CCCC2)CC1. The Balaban J connectivity index is 1.44. The summed E-state index contributed by atoms with van der Waals surface area (Å²) in [6, 6.07) is 1.78. The second-order valence-electron chi connectivity index (χ2n) is 8.23. The van der Waals surface area contributed by atoms with Crippen LogP contribution in [0.1, 0.15) is 89.0 Å². The molecule has 1 saturated heterocycles. The zero-order chi connectivity index (χ0) is 17.1. The average Bonchev–Trinajstić information content (AvgIpc) is 3.42. The van der Waals surface area contributed by atoms with E-state index >= 15 is 0 Å². The summed E-state index contributed by atoms with van der Waals surface area (Å²) in [5.74, 6) is 1.13. The molecule has 3 aliphatic rings. The van der Waals surface area contributed by atoms with Gasteiger partial charge in [-0.05, 0) is 42.5 Å². The number of piperazine rings is 1. The van der Waals surface area contributed by atoms with Crippen LogP contribution in [0.3, 0.4) is 0 Å². The van der Waals surface area contributed by atoms with Gasteiger partial charge in [-0.2, -0.15) is 0 Å². The van der Waals surface area contributed by atoms with Gasteiger partial charge in [-0.25, -0.2) is 4.68 Å². The first-order chi connectivity index (χ1) is 12.4. The van der Waals surface area contributed by atoms with Crippen LogP contribution in [0, 0.1) is 0 Å². The lowest BCUT2D eigenvalue weighted by Gasteiger charge is -2.41. The van der Waals surface area contributed by atoms with Gasteiger partial charge in [-0.3, -0.25) is 9.80 Å². The maximum Gasteiger partial charge on any atom is 0.168 e. The fraction of sp³-hybridized carbons (Fsp3) is 0.947. The Morgan fingerprint density at radius 3 is 2.20 bits per heavy atom. The molecular formula is C19H34N6. The predicted molar refractivity (Wildman–Crippen MR) is 98.4 cm³/mol. The number of hydrogen-bond acceptors (Lipinski definition) is 5. The molecule has 0 N–H and O–H groups in total. The minimum Gasteiger partial charge on any atom is -0.298 e. The molecule has 2 heterocycles. The van der Waals surface area contributed by atoms with Gasteiger partial charge in [0.05, 0.1) is 12.1 Å². The highest BCUT2D eigenvalue weighted by Crippen LogP contribution is 2.33. The fourth-order valence-corrected chi connectivity index (χ4v) is 5.26. The second-order valence-corrected chi connectivity index (χ2v) is 8.23.